The normalized spacial score (nSPS) is 17.3. The smallest absolute Gasteiger partial charge is 0.255 e. The van der Waals surface area contributed by atoms with Crippen molar-refractivity contribution >= 4 is 5.91 Å². The third-order valence-corrected chi connectivity index (χ3v) is 5.15. The van der Waals surface area contributed by atoms with Crippen molar-refractivity contribution in [3.63, 3.8) is 0 Å². The lowest BCUT2D eigenvalue weighted by Crippen LogP contribution is -2.38. The summed E-state index contributed by atoms with van der Waals surface area (Å²) in [7, 11) is 3.84. The Balaban J connectivity index is 1.49. The van der Waals surface area contributed by atoms with Crippen LogP contribution in [0.4, 0.5) is 0 Å². The van der Waals surface area contributed by atoms with E-state index in [1.807, 2.05) is 40.7 Å². The highest BCUT2D eigenvalue weighted by Gasteiger charge is 2.26. The van der Waals surface area contributed by atoms with Crippen molar-refractivity contribution in [2.24, 2.45) is 0 Å². The van der Waals surface area contributed by atoms with Gasteiger partial charge in [0.1, 0.15) is 6.10 Å². The molecule has 3 heterocycles. The SMILES string of the molecule is CN(C)CC(O)c1cc2n(n1)CCN(C(=O)c1cnc3c(c1)CCC3)C2. The highest BCUT2D eigenvalue weighted by Crippen LogP contribution is 2.23. The van der Waals surface area contributed by atoms with Crippen LogP contribution < -0.4 is 0 Å². The van der Waals surface area contributed by atoms with Gasteiger partial charge in [0.15, 0.2) is 0 Å². The number of carbonyl (C=O) groups excluding carboxylic acids is 1. The lowest BCUT2D eigenvalue weighted by Gasteiger charge is -2.27. The fraction of sp³-hybridized carbons (Fsp3) is 0.526. The molecule has 0 bridgehead atoms. The van der Waals surface area contributed by atoms with Gasteiger partial charge in [0, 0.05) is 25.0 Å². The van der Waals surface area contributed by atoms with Gasteiger partial charge in [-0.1, -0.05) is 0 Å². The van der Waals surface area contributed by atoms with E-state index in [9.17, 15) is 9.90 Å². The van der Waals surface area contributed by atoms with E-state index in [4.69, 9.17) is 0 Å². The minimum atomic E-state index is -0.617. The van der Waals surface area contributed by atoms with Gasteiger partial charge >= 0.3 is 0 Å². The molecule has 26 heavy (non-hydrogen) atoms. The molecular weight excluding hydrogens is 330 g/mol. The lowest BCUT2D eigenvalue weighted by molar-refractivity contribution is 0.0705. The number of hydrogen-bond donors (Lipinski definition) is 1. The van der Waals surface area contributed by atoms with Gasteiger partial charge in [-0.2, -0.15) is 5.10 Å². The third kappa shape index (κ3) is 3.24. The molecule has 2 aromatic heterocycles. The van der Waals surface area contributed by atoms with Crippen molar-refractivity contribution in [3.8, 4) is 0 Å². The summed E-state index contributed by atoms with van der Waals surface area (Å²) in [5.41, 5.74) is 4.66. The van der Waals surface area contributed by atoms with Gasteiger partial charge in [-0.15, -0.1) is 0 Å². The van der Waals surface area contributed by atoms with Gasteiger partial charge in [0.05, 0.1) is 30.0 Å². The van der Waals surface area contributed by atoms with Crippen molar-refractivity contribution in [1.82, 2.24) is 24.6 Å². The summed E-state index contributed by atoms with van der Waals surface area (Å²) in [5.74, 6) is 0.0232. The van der Waals surface area contributed by atoms with E-state index in [-0.39, 0.29) is 5.91 Å². The molecule has 0 saturated heterocycles. The number of rotatable bonds is 4. The van der Waals surface area contributed by atoms with Gasteiger partial charge in [0.2, 0.25) is 0 Å². The fourth-order valence-corrected chi connectivity index (χ4v) is 3.79. The predicted octanol–water partition coefficient (Wildman–Crippen LogP) is 1.02. The number of aliphatic hydroxyl groups excluding tert-OH is 1. The van der Waals surface area contributed by atoms with Gasteiger partial charge in [-0.05, 0) is 51.1 Å². The number of amides is 1. The van der Waals surface area contributed by atoms with E-state index in [0.717, 1.165) is 30.7 Å². The average Bonchev–Trinajstić information content (AvgIpc) is 3.25. The second kappa shape index (κ2) is 6.81. The van der Waals surface area contributed by atoms with Gasteiger partial charge in [-0.3, -0.25) is 14.5 Å². The highest BCUT2D eigenvalue weighted by molar-refractivity contribution is 5.94. The molecule has 0 fully saturated rings. The molecule has 0 spiro atoms. The summed E-state index contributed by atoms with van der Waals surface area (Å²) in [5, 5.41) is 14.8. The van der Waals surface area contributed by atoms with E-state index in [0.29, 0.717) is 37.4 Å². The zero-order chi connectivity index (χ0) is 18.3. The van der Waals surface area contributed by atoms with Crippen LogP contribution in [-0.2, 0) is 25.9 Å². The number of likely N-dealkylation sites (N-methyl/N-ethyl adjacent to an activating group) is 1. The van der Waals surface area contributed by atoms with Crippen LogP contribution in [0.1, 0.15) is 45.5 Å². The van der Waals surface area contributed by atoms with E-state index in [1.165, 1.54) is 5.56 Å². The van der Waals surface area contributed by atoms with Crippen LogP contribution in [-0.4, -0.2) is 62.8 Å². The quantitative estimate of drug-likeness (QED) is 0.886. The maximum Gasteiger partial charge on any atom is 0.255 e. The first kappa shape index (κ1) is 17.2. The molecule has 1 aliphatic heterocycles. The van der Waals surface area contributed by atoms with Crippen molar-refractivity contribution < 1.29 is 9.90 Å². The van der Waals surface area contributed by atoms with E-state index >= 15 is 0 Å². The Morgan fingerprint density at radius 2 is 2.15 bits per heavy atom. The van der Waals surface area contributed by atoms with Gasteiger partial charge in [-0.25, -0.2) is 0 Å². The number of aromatic nitrogens is 3. The first-order chi connectivity index (χ1) is 12.5. The van der Waals surface area contributed by atoms with Crippen LogP contribution in [0.5, 0.6) is 0 Å². The summed E-state index contributed by atoms with van der Waals surface area (Å²) in [4.78, 5) is 21.1. The first-order valence-electron chi connectivity index (χ1n) is 9.18. The lowest BCUT2D eigenvalue weighted by atomic mass is 10.1. The van der Waals surface area contributed by atoms with E-state index in [1.54, 1.807) is 6.20 Å². The molecule has 138 valence electrons. The molecule has 0 radical (unpaired) electrons. The fourth-order valence-electron chi connectivity index (χ4n) is 3.79. The minimum Gasteiger partial charge on any atom is -0.385 e. The second-order valence-electron chi connectivity index (χ2n) is 7.47. The second-order valence-corrected chi connectivity index (χ2v) is 7.47. The number of aryl methyl sites for hydroxylation is 2. The summed E-state index contributed by atoms with van der Waals surface area (Å²) in [6.07, 6.45) is 4.26. The molecule has 1 unspecified atom stereocenters. The number of aliphatic hydroxyl groups is 1. The summed E-state index contributed by atoms with van der Waals surface area (Å²) in [6.45, 7) is 2.30. The summed E-state index contributed by atoms with van der Waals surface area (Å²) >= 11 is 0. The van der Waals surface area contributed by atoms with E-state index in [2.05, 4.69) is 10.1 Å². The molecule has 1 atom stereocenters. The first-order valence-corrected chi connectivity index (χ1v) is 9.18. The topological polar surface area (TPSA) is 74.5 Å². The van der Waals surface area contributed by atoms with Crippen LogP contribution in [0.15, 0.2) is 18.3 Å². The molecule has 0 aromatic carbocycles. The monoisotopic (exact) mass is 355 g/mol. The molecule has 2 aromatic rings. The van der Waals surface area contributed by atoms with Crippen LogP contribution in [0, 0.1) is 0 Å². The summed E-state index contributed by atoms with van der Waals surface area (Å²) < 4.78 is 1.90. The van der Waals surface area contributed by atoms with Crippen LogP contribution in [0.2, 0.25) is 0 Å². The molecule has 7 nitrogen and oxygen atoms in total. The number of nitrogens with zero attached hydrogens (tertiary/aromatic N) is 5. The zero-order valence-electron chi connectivity index (χ0n) is 15.4. The van der Waals surface area contributed by atoms with Crippen LogP contribution in [0.25, 0.3) is 0 Å². The highest BCUT2D eigenvalue weighted by atomic mass is 16.3. The minimum absolute atomic E-state index is 0.0232. The van der Waals surface area contributed by atoms with E-state index < -0.39 is 6.10 Å². The van der Waals surface area contributed by atoms with Crippen LogP contribution >= 0.6 is 0 Å². The average molecular weight is 355 g/mol. The number of fused-ring (bicyclic) bond motifs is 2. The largest absolute Gasteiger partial charge is 0.385 e. The zero-order valence-corrected chi connectivity index (χ0v) is 15.4. The maximum atomic E-state index is 12.9. The molecule has 1 N–H and O–H groups in total. The molecular formula is C19H25N5O2. The van der Waals surface area contributed by atoms with Crippen molar-refractivity contribution in [2.75, 3.05) is 27.2 Å². The number of carbonyl (C=O) groups is 1. The Hall–Kier alpha value is -2.25. The Labute approximate surface area is 153 Å². The van der Waals surface area contributed by atoms with Gasteiger partial charge < -0.3 is 14.9 Å². The Bertz CT molecular complexity index is 829. The number of hydrogen-bond acceptors (Lipinski definition) is 5. The Morgan fingerprint density at radius 1 is 1.31 bits per heavy atom. The molecule has 1 amide bonds. The third-order valence-electron chi connectivity index (χ3n) is 5.15. The standard InChI is InChI=1S/C19H25N5O2/c1-22(2)12-18(25)17-9-15-11-23(6-7-24(15)21-17)19(26)14-8-13-4-3-5-16(13)20-10-14/h8-10,18,25H,3-7,11-12H2,1-2H3. The molecule has 4 rings (SSSR count). The predicted molar refractivity (Wildman–Crippen MR) is 96.7 cm³/mol. The Morgan fingerprint density at radius 3 is 2.96 bits per heavy atom. The Kier molecular flexibility index (Phi) is 4.50. The summed E-state index contributed by atoms with van der Waals surface area (Å²) in [6, 6.07) is 3.92. The van der Waals surface area contributed by atoms with Crippen LogP contribution in [0.3, 0.4) is 0 Å². The molecule has 0 saturated carbocycles. The molecule has 1 aliphatic carbocycles. The van der Waals surface area contributed by atoms with Crippen molar-refractivity contribution in [2.45, 2.75) is 38.5 Å². The number of pyridine rings is 1. The van der Waals surface area contributed by atoms with Crippen molar-refractivity contribution in [3.05, 3.63) is 46.5 Å². The van der Waals surface area contributed by atoms with Crippen molar-refractivity contribution in [1.29, 1.82) is 0 Å². The maximum absolute atomic E-state index is 12.9. The molecule has 7 heteroatoms. The molecule has 2 aliphatic rings. The van der Waals surface area contributed by atoms with Gasteiger partial charge in [0.25, 0.3) is 5.91 Å².